The van der Waals surface area contributed by atoms with Gasteiger partial charge in [0.1, 0.15) is 5.75 Å². The van der Waals surface area contributed by atoms with Crippen molar-refractivity contribution in [2.75, 3.05) is 0 Å². The molecule has 13 heavy (non-hydrogen) atoms. The SMILES string of the molecule is Oc1cc(O)c2ccncc2c1O. The minimum Gasteiger partial charge on any atom is -0.507 e. The van der Waals surface area contributed by atoms with Crippen LogP contribution in [0.1, 0.15) is 0 Å². The number of phenols is 3. The van der Waals surface area contributed by atoms with Crippen molar-refractivity contribution >= 4 is 10.8 Å². The first kappa shape index (κ1) is 7.67. The van der Waals surface area contributed by atoms with E-state index in [2.05, 4.69) is 4.98 Å². The summed E-state index contributed by atoms with van der Waals surface area (Å²) in [6, 6.07) is 2.65. The van der Waals surface area contributed by atoms with Gasteiger partial charge in [-0.1, -0.05) is 0 Å². The zero-order chi connectivity index (χ0) is 9.42. The van der Waals surface area contributed by atoms with Crippen molar-refractivity contribution in [3.05, 3.63) is 24.5 Å². The smallest absolute Gasteiger partial charge is 0.167 e. The summed E-state index contributed by atoms with van der Waals surface area (Å²) < 4.78 is 0. The lowest BCUT2D eigenvalue weighted by Gasteiger charge is -2.04. The molecule has 0 radical (unpaired) electrons. The monoisotopic (exact) mass is 177 g/mol. The first-order valence-electron chi connectivity index (χ1n) is 3.68. The first-order chi connectivity index (χ1) is 6.20. The van der Waals surface area contributed by atoms with E-state index in [0.717, 1.165) is 6.07 Å². The molecule has 0 unspecified atom stereocenters. The summed E-state index contributed by atoms with van der Waals surface area (Å²) in [5.74, 6) is -0.688. The third-order valence-corrected chi connectivity index (χ3v) is 1.87. The molecular weight excluding hydrogens is 170 g/mol. The van der Waals surface area contributed by atoms with Crippen LogP contribution in [0.15, 0.2) is 24.5 Å². The highest BCUT2D eigenvalue weighted by molar-refractivity contribution is 5.94. The fourth-order valence-electron chi connectivity index (χ4n) is 1.22. The Labute approximate surface area is 73.7 Å². The molecule has 1 heterocycles. The number of pyridine rings is 1. The van der Waals surface area contributed by atoms with Crippen LogP contribution in [0.2, 0.25) is 0 Å². The second-order valence-electron chi connectivity index (χ2n) is 2.68. The minimum absolute atomic E-state index is 0.0762. The van der Waals surface area contributed by atoms with Gasteiger partial charge in [-0.3, -0.25) is 4.98 Å². The van der Waals surface area contributed by atoms with Gasteiger partial charge in [-0.2, -0.15) is 0 Å². The lowest BCUT2D eigenvalue weighted by molar-refractivity contribution is 0.402. The first-order valence-corrected chi connectivity index (χ1v) is 3.68. The number of phenolic OH excluding ortho intramolecular Hbond substituents is 3. The van der Waals surface area contributed by atoms with E-state index in [4.69, 9.17) is 5.11 Å². The Kier molecular flexibility index (Phi) is 1.48. The number of rotatable bonds is 0. The van der Waals surface area contributed by atoms with Gasteiger partial charge < -0.3 is 15.3 Å². The maximum atomic E-state index is 9.38. The Morgan fingerprint density at radius 2 is 1.77 bits per heavy atom. The van der Waals surface area contributed by atoms with Gasteiger partial charge in [0.05, 0.1) is 0 Å². The Morgan fingerprint density at radius 3 is 2.54 bits per heavy atom. The van der Waals surface area contributed by atoms with Gasteiger partial charge >= 0.3 is 0 Å². The van der Waals surface area contributed by atoms with Crippen molar-refractivity contribution in [3.63, 3.8) is 0 Å². The van der Waals surface area contributed by atoms with Crippen LogP contribution >= 0.6 is 0 Å². The normalized spacial score (nSPS) is 10.5. The predicted octanol–water partition coefficient (Wildman–Crippen LogP) is 1.35. The van der Waals surface area contributed by atoms with E-state index < -0.39 is 0 Å². The molecule has 66 valence electrons. The number of hydrogen-bond acceptors (Lipinski definition) is 4. The summed E-state index contributed by atoms with van der Waals surface area (Å²) >= 11 is 0. The maximum absolute atomic E-state index is 9.38. The fraction of sp³-hybridized carbons (Fsp3) is 0. The quantitative estimate of drug-likeness (QED) is 0.419. The number of fused-ring (bicyclic) bond motifs is 1. The molecule has 1 aromatic carbocycles. The summed E-state index contributed by atoms with van der Waals surface area (Å²) in [7, 11) is 0. The minimum atomic E-state index is -0.349. The van der Waals surface area contributed by atoms with Crippen LogP contribution in [0.5, 0.6) is 17.2 Å². The molecule has 0 saturated carbocycles. The molecule has 0 aliphatic heterocycles. The van der Waals surface area contributed by atoms with Crippen molar-refractivity contribution in [2.24, 2.45) is 0 Å². The molecule has 0 spiro atoms. The topological polar surface area (TPSA) is 73.6 Å². The standard InChI is InChI=1S/C9H7NO3/c11-7-3-8(12)9(13)6-4-10-2-1-5(6)7/h1-4,11-13H. The maximum Gasteiger partial charge on any atom is 0.167 e. The van der Waals surface area contributed by atoms with Crippen LogP contribution in [0.4, 0.5) is 0 Å². The van der Waals surface area contributed by atoms with Crippen molar-refractivity contribution in [1.29, 1.82) is 0 Å². The van der Waals surface area contributed by atoms with Crippen LogP contribution in [0.3, 0.4) is 0 Å². The zero-order valence-electron chi connectivity index (χ0n) is 6.60. The van der Waals surface area contributed by atoms with E-state index >= 15 is 0 Å². The van der Waals surface area contributed by atoms with Crippen molar-refractivity contribution in [3.8, 4) is 17.2 Å². The van der Waals surface area contributed by atoms with Gasteiger partial charge in [0.25, 0.3) is 0 Å². The van der Waals surface area contributed by atoms with E-state index in [0.29, 0.717) is 10.8 Å². The van der Waals surface area contributed by atoms with Crippen molar-refractivity contribution < 1.29 is 15.3 Å². The highest BCUT2D eigenvalue weighted by atomic mass is 16.3. The molecule has 1 aromatic heterocycles. The van der Waals surface area contributed by atoms with Gasteiger partial charge in [-0.05, 0) is 6.07 Å². The molecule has 0 amide bonds. The average Bonchev–Trinajstić information content (AvgIpc) is 2.15. The van der Waals surface area contributed by atoms with Gasteiger partial charge in [0.15, 0.2) is 11.5 Å². The van der Waals surface area contributed by atoms with E-state index in [-0.39, 0.29) is 17.2 Å². The lowest BCUT2D eigenvalue weighted by atomic mass is 10.1. The molecule has 2 aromatic rings. The molecule has 0 atom stereocenters. The molecule has 0 bridgehead atoms. The summed E-state index contributed by atoms with van der Waals surface area (Å²) in [5.41, 5.74) is 0. The number of hydrogen-bond donors (Lipinski definition) is 3. The Bertz CT molecular complexity index is 468. The lowest BCUT2D eigenvalue weighted by Crippen LogP contribution is -1.78. The van der Waals surface area contributed by atoms with Crippen LogP contribution in [-0.4, -0.2) is 20.3 Å². The van der Waals surface area contributed by atoms with Crippen LogP contribution in [-0.2, 0) is 0 Å². The molecule has 4 nitrogen and oxygen atoms in total. The number of nitrogens with zero attached hydrogens (tertiary/aromatic N) is 1. The predicted molar refractivity (Wildman–Crippen MR) is 46.7 cm³/mol. The summed E-state index contributed by atoms with van der Waals surface area (Å²) in [6.45, 7) is 0. The Morgan fingerprint density at radius 1 is 1.00 bits per heavy atom. The van der Waals surface area contributed by atoms with Crippen LogP contribution < -0.4 is 0 Å². The third kappa shape index (κ3) is 1.03. The molecule has 2 rings (SSSR count). The van der Waals surface area contributed by atoms with Gasteiger partial charge in [-0.25, -0.2) is 0 Å². The van der Waals surface area contributed by atoms with Crippen LogP contribution in [0.25, 0.3) is 10.8 Å². The van der Waals surface area contributed by atoms with Crippen molar-refractivity contribution in [1.82, 2.24) is 4.98 Å². The average molecular weight is 177 g/mol. The zero-order valence-corrected chi connectivity index (χ0v) is 6.60. The molecule has 0 aliphatic rings. The fourth-order valence-corrected chi connectivity index (χ4v) is 1.22. The number of benzene rings is 1. The largest absolute Gasteiger partial charge is 0.507 e. The van der Waals surface area contributed by atoms with E-state index in [1.54, 1.807) is 6.07 Å². The van der Waals surface area contributed by atoms with Gasteiger partial charge in [-0.15, -0.1) is 0 Å². The highest BCUT2D eigenvalue weighted by Crippen LogP contribution is 2.38. The number of aromatic hydroxyl groups is 3. The number of aromatic nitrogens is 1. The van der Waals surface area contributed by atoms with Crippen molar-refractivity contribution in [2.45, 2.75) is 0 Å². The summed E-state index contributed by atoms with van der Waals surface area (Å²) in [6.07, 6.45) is 2.88. The highest BCUT2D eigenvalue weighted by Gasteiger charge is 2.09. The van der Waals surface area contributed by atoms with Gasteiger partial charge in [0.2, 0.25) is 0 Å². The Hall–Kier alpha value is -1.97. The molecule has 0 aliphatic carbocycles. The molecule has 4 heteroatoms. The molecule has 3 N–H and O–H groups in total. The second-order valence-corrected chi connectivity index (χ2v) is 2.68. The third-order valence-electron chi connectivity index (χ3n) is 1.87. The molecule has 0 fully saturated rings. The van der Waals surface area contributed by atoms with E-state index in [1.165, 1.54) is 12.4 Å². The molecule has 0 saturated heterocycles. The summed E-state index contributed by atoms with van der Waals surface area (Å²) in [5, 5.41) is 28.7. The molecular formula is C9H7NO3. The van der Waals surface area contributed by atoms with E-state index in [1.807, 2.05) is 0 Å². The summed E-state index contributed by atoms with van der Waals surface area (Å²) in [4.78, 5) is 3.77. The Balaban J connectivity index is 2.97. The van der Waals surface area contributed by atoms with Gasteiger partial charge in [0, 0.05) is 29.2 Å². The second kappa shape index (κ2) is 2.52. The van der Waals surface area contributed by atoms with Crippen LogP contribution in [0, 0.1) is 0 Å². The van der Waals surface area contributed by atoms with E-state index in [9.17, 15) is 10.2 Å².